The molecule has 5 nitrogen and oxygen atoms in total. The fourth-order valence-electron chi connectivity index (χ4n) is 1.73. The maximum atomic E-state index is 9.06. The Hall–Kier alpha value is -1.46. The summed E-state index contributed by atoms with van der Waals surface area (Å²) < 4.78 is 16.5. The number of aliphatic hydroxyl groups excluding tert-OH is 1. The number of nitrogens with one attached hydrogen (secondary N) is 1. The van der Waals surface area contributed by atoms with Gasteiger partial charge in [-0.1, -0.05) is 13.8 Å². The molecule has 1 aromatic carbocycles. The van der Waals surface area contributed by atoms with Crippen LogP contribution in [0.5, 0.6) is 17.2 Å². The lowest BCUT2D eigenvalue weighted by molar-refractivity contribution is 0.167. The maximum Gasteiger partial charge on any atom is 0.203 e. The van der Waals surface area contributed by atoms with Gasteiger partial charge in [-0.15, -0.1) is 0 Å². The predicted molar refractivity (Wildman–Crippen MR) is 78.7 cm³/mol. The van der Waals surface area contributed by atoms with Gasteiger partial charge in [-0.3, -0.25) is 0 Å². The van der Waals surface area contributed by atoms with Crippen molar-refractivity contribution in [2.75, 3.05) is 34.0 Å². The Morgan fingerprint density at radius 1 is 1.20 bits per heavy atom. The third-order valence-corrected chi connectivity index (χ3v) is 2.92. The second kappa shape index (κ2) is 8.66. The van der Waals surface area contributed by atoms with Gasteiger partial charge in [0.1, 0.15) is 0 Å². The molecule has 0 heterocycles. The SMILES string of the molecule is CCNCc1cc(OC)c(OCC(C)CO)c(OC)c1. The van der Waals surface area contributed by atoms with E-state index in [4.69, 9.17) is 19.3 Å². The van der Waals surface area contributed by atoms with Crippen molar-refractivity contribution in [3.05, 3.63) is 17.7 Å². The van der Waals surface area contributed by atoms with Gasteiger partial charge in [0.15, 0.2) is 11.5 Å². The lowest BCUT2D eigenvalue weighted by atomic mass is 10.1. The molecular formula is C15H25NO4. The molecule has 0 aliphatic carbocycles. The molecule has 1 atom stereocenters. The van der Waals surface area contributed by atoms with Crippen molar-refractivity contribution in [3.8, 4) is 17.2 Å². The van der Waals surface area contributed by atoms with Crippen LogP contribution in [0.1, 0.15) is 19.4 Å². The van der Waals surface area contributed by atoms with Gasteiger partial charge < -0.3 is 24.6 Å². The number of ether oxygens (including phenoxy) is 3. The molecule has 1 aromatic rings. The molecule has 0 fully saturated rings. The summed E-state index contributed by atoms with van der Waals surface area (Å²) in [4.78, 5) is 0. The fourth-order valence-corrected chi connectivity index (χ4v) is 1.73. The van der Waals surface area contributed by atoms with Crippen LogP contribution in [0.2, 0.25) is 0 Å². The van der Waals surface area contributed by atoms with E-state index in [1.54, 1.807) is 14.2 Å². The number of methoxy groups -OCH3 is 2. The number of hydrogen-bond donors (Lipinski definition) is 2. The zero-order chi connectivity index (χ0) is 15.0. The molecule has 1 rings (SSSR count). The van der Waals surface area contributed by atoms with Gasteiger partial charge in [0, 0.05) is 19.1 Å². The molecule has 0 aliphatic heterocycles. The summed E-state index contributed by atoms with van der Waals surface area (Å²) >= 11 is 0. The van der Waals surface area contributed by atoms with Crippen molar-refractivity contribution in [1.29, 1.82) is 0 Å². The molecule has 0 spiro atoms. The first-order valence-corrected chi connectivity index (χ1v) is 6.85. The largest absolute Gasteiger partial charge is 0.493 e. The van der Waals surface area contributed by atoms with E-state index in [0.717, 1.165) is 18.7 Å². The molecule has 114 valence electrons. The van der Waals surface area contributed by atoms with E-state index in [0.29, 0.717) is 23.9 Å². The highest BCUT2D eigenvalue weighted by atomic mass is 16.5. The predicted octanol–water partition coefficient (Wildman–Crippen LogP) is 1.82. The molecule has 0 bridgehead atoms. The summed E-state index contributed by atoms with van der Waals surface area (Å²) in [5.41, 5.74) is 1.07. The van der Waals surface area contributed by atoms with Crippen LogP contribution in [0.4, 0.5) is 0 Å². The van der Waals surface area contributed by atoms with Crippen LogP contribution in [-0.2, 0) is 6.54 Å². The Morgan fingerprint density at radius 2 is 1.80 bits per heavy atom. The van der Waals surface area contributed by atoms with Crippen LogP contribution in [0.25, 0.3) is 0 Å². The summed E-state index contributed by atoms with van der Waals surface area (Å²) in [6, 6.07) is 3.87. The lowest BCUT2D eigenvalue weighted by Crippen LogP contribution is -2.14. The average Bonchev–Trinajstić information content (AvgIpc) is 2.49. The summed E-state index contributed by atoms with van der Waals surface area (Å²) in [6.07, 6.45) is 0. The van der Waals surface area contributed by atoms with E-state index in [9.17, 15) is 0 Å². The van der Waals surface area contributed by atoms with E-state index < -0.39 is 0 Å². The van der Waals surface area contributed by atoms with Crippen molar-refractivity contribution in [1.82, 2.24) is 5.32 Å². The summed E-state index contributed by atoms with van der Waals surface area (Å²) in [5, 5.41) is 12.3. The first kappa shape index (κ1) is 16.6. The first-order chi connectivity index (χ1) is 9.65. The van der Waals surface area contributed by atoms with E-state index in [1.807, 2.05) is 19.1 Å². The fraction of sp³-hybridized carbons (Fsp3) is 0.600. The molecule has 1 unspecified atom stereocenters. The number of rotatable bonds is 9. The molecule has 0 aliphatic rings. The lowest BCUT2D eigenvalue weighted by Gasteiger charge is -2.17. The molecule has 0 saturated heterocycles. The Labute approximate surface area is 120 Å². The molecular weight excluding hydrogens is 258 g/mol. The van der Waals surface area contributed by atoms with Crippen LogP contribution in [0.15, 0.2) is 12.1 Å². The minimum Gasteiger partial charge on any atom is -0.493 e. The zero-order valence-electron chi connectivity index (χ0n) is 12.7. The van der Waals surface area contributed by atoms with E-state index in [-0.39, 0.29) is 12.5 Å². The van der Waals surface area contributed by atoms with Crippen LogP contribution in [-0.4, -0.2) is 39.1 Å². The summed E-state index contributed by atoms with van der Waals surface area (Å²) in [5.74, 6) is 1.92. The second-order valence-electron chi connectivity index (χ2n) is 4.71. The van der Waals surface area contributed by atoms with Crippen molar-refractivity contribution < 1.29 is 19.3 Å². The Bertz CT molecular complexity index is 384. The van der Waals surface area contributed by atoms with Gasteiger partial charge in [0.2, 0.25) is 5.75 Å². The van der Waals surface area contributed by atoms with Crippen LogP contribution in [0, 0.1) is 5.92 Å². The number of aliphatic hydroxyl groups is 1. The van der Waals surface area contributed by atoms with Crippen molar-refractivity contribution in [2.24, 2.45) is 5.92 Å². The molecule has 5 heteroatoms. The Kier molecular flexibility index (Phi) is 7.18. The molecule has 0 amide bonds. The van der Waals surface area contributed by atoms with Crippen LogP contribution < -0.4 is 19.5 Å². The second-order valence-corrected chi connectivity index (χ2v) is 4.71. The number of hydrogen-bond acceptors (Lipinski definition) is 5. The Morgan fingerprint density at radius 3 is 2.25 bits per heavy atom. The van der Waals surface area contributed by atoms with Gasteiger partial charge >= 0.3 is 0 Å². The summed E-state index contributed by atoms with van der Waals surface area (Å²) in [7, 11) is 3.21. The van der Waals surface area contributed by atoms with Crippen molar-refractivity contribution in [2.45, 2.75) is 20.4 Å². The molecule has 0 aromatic heterocycles. The van der Waals surface area contributed by atoms with Gasteiger partial charge in [-0.25, -0.2) is 0 Å². The third kappa shape index (κ3) is 4.58. The molecule has 20 heavy (non-hydrogen) atoms. The van der Waals surface area contributed by atoms with Crippen LogP contribution >= 0.6 is 0 Å². The van der Waals surface area contributed by atoms with Crippen LogP contribution in [0.3, 0.4) is 0 Å². The molecule has 0 radical (unpaired) electrons. The highest BCUT2D eigenvalue weighted by molar-refractivity contribution is 5.53. The van der Waals surface area contributed by atoms with Crippen molar-refractivity contribution >= 4 is 0 Å². The zero-order valence-corrected chi connectivity index (χ0v) is 12.7. The first-order valence-electron chi connectivity index (χ1n) is 6.85. The van der Waals surface area contributed by atoms with Gasteiger partial charge in [0.25, 0.3) is 0 Å². The van der Waals surface area contributed by atoms with Gasteiger partial charge in [0.05, 0.1) is 20.8 Å². The molecule has 0 saturated carbocycles. The highest BCUT2D eigenvalue weighted by Crippen LogP contribution is 2.38. The van der Waals surface area contributed by atoms with Gasteiger partial charge in [-0.2, -0.15) is 0 Å². The minimum absolute atomic E-state index is 0.0610. The third-order valence-electron chi connectivity index (χ3n) is 2.92. The minimum atomic E-state index is 0.0610. The quantitative estimate of drug-likeness (QED) is 0.724. The van der Waals surface area contributed by atoms with Crippen molar-refractivity contribution in [3.63, 3.8) is 0 Å². The van der Waals surface area contributed by atoms with E-state index in [2.05, 4.69) is 12.2 Å². The molecule has 2 N–H and O–H groups in total. The van der Waals surface area contributed by atoms with Gasteiger partial charge in [-0.05, 0) is 24.2 Å². The normalized spacial score (nSPS) is 12.1. The summed E-state index contributed by atoms with van der Waals surface area (Å²) in [6.45, 7) is 6.12. The van der Waals surface area contributed by atoms with E-state index >= 15 is 0 Å². The highest BCUT2D eigenvalue weighted by Gasteiger charge is 2.15. The monoisotopic (exact) mass is 283 g/mol. The smallest absolute Gasteiger partial charge is 0.203 e. The topological polar surface area (TPSA) is 60.0 Å². The Balaban J connectivity index is 2.95. The van der Waals surface area contributed by atoms with E-state index in [1.165, 1.54) is 0 Å². The maximum absolute atomic E-state index is 9.06. The number of benzene rings is 1. The average molecular weight is 283 g/mol. The standard InChI is InChI=1S/C15H25NO4/c1-5-16-8-12-6-13(18-3)15(14(7-12)19-4)20-10-11(2)9-17/h6-7,11,16-17H,5,8-10H2,1-4H3.